The Bertz CT molecular complexity index is 567. The van der Waals surface area contributed by atoms with Gasteiger partial charge < -0.3 is 14.8 Å². The predicted molar refractivity (Wildman–Crippen MR) is 73.7 cm³/mol. The van der Waals surface area contributed by atoms with E-state index >= 15 is 0 Å². The summed E-state index contributed by atoms with van der Waals surface area (Å²) in [7, 11) is 2.94. The molecule has 1 aromatic heterocycles. The monoisotopic (exact) mass is 273 g/mol. The first-order chi connectivity index (χ1) is 9.72. The number of nitrogens with one attached hydrogen (secondary N) is 1. The van der Waals surface area contributed by atoms with Gasteiger partial charge in [-0.25, -0.2) is 4.79 Å². The van der Waals surface area contributed by atoms with Crippen LogP contribution in [0.15, 0.2) is 36.4 Å². The third-order valence-corrected chi connectivity index (χ3v) is 2.69. The van der Waals surface area contributed by atoms with Crippen LogP contribution >= 0.6 is 0 Å². The molecule has 0 aliphatic rings. The number of hydrogen-bond donors (Lipinski definition) is 1. The van der Waals surface area contributed by atoms with E-state index in [-0.39, 0.29) is 5.69 Å². The van der Waals surface area contributed by atoms with E-state index in [1.807, 2.05) is 24.3 Å². The van der Waals surface area contributed by atoms with Crippen LogP contribution in [-0.4, -0.2) is 30.4 Å². The Morgan fingerprint density at radius 1 is 1.10 bits per heavy atom. The number of carbonyl (C=O) groups excluding carboxylic acids is 1. The highest BCUT2D eigenvalue weighted by Crippen LogP contribution is 2.12. The summed E-state index contributed by atoms with van der Waals surface area (Å²) in [6.45, 7) is 0.607. The maximum Gasteiger partial charge on any atom is 0.358 e. The van der Waals surface area contributed by atoms with Gasteiger partial charge in [-0.2, -0.15) is 0 Å². The van der Waals surface area contributed by atoms with E-state index < -0.39 is 5.97 Å². The molecule has 0 unspecified atom stereocenters. The number of esters is 1. The molecule has 0 fully saturated rings. The quantitative estimate of drug-likeness (QED) is 0.838. The molecule has 2 rings (SSSR count). The minimum atomic E-state index is -0.501. The SMILES string of the molecule is COC(=O)c1ccc(NCc2ccc(OC)cc2)nn1. The van der Waals surface area contributed by atoms with Crippen molar-refractivity contribution in [3.63, 3.8) is 0 Å². The molecule has 2 aromatic rings. The van der Waals surface area contributed by atoms with E-state index in [0.29, 0.717) is 12.4 Å². The van der Waals surface area contributed by atoms with Crippen molar-refractivity contribution in [2.75, 3.05) is 19.5 Å². The fourth-order valence-electron chi connectivity index (χ4n) is 1.58. The average molecular weight is 273 g/mol. The smallest absolute Gasteiger partial charge is 0.358 e. The third-order valence-electron chi connectivity index (χ3n) is 2.69. The first-order valence-electron chi connectivity index (χ1n) is 6.02. The molecule has 0 saturated heterocycles. The summed E-state index contributed by atoms with van der Waals surface area (Å²) < 4.78 is 9.65. The van der Waals surface area contributed by atoms with Gasteiger partial charge in [0, 0.05) is 6.54 Å². The van der Waals surface area contributed by atoms with Crippen molar-refractivity contribution >= 4 is 11.8 Å². The molecule has 104 valence electrons. The van der Waals surface area contributed by atoms with Crippen LogP contribution < -0.4 is 10.1 Å². The highest BCUT2D eigenvalue weighted by atomic mass is 16.5. The topological polar surface area (TPSA) is 73.3 Å². The van der Waals surface area contributed by atoms with Crippen molar-refractivity contribution in [3.8, 4) is 5.75 Å². The van der Waals surface area contributed by atoms with Crippen LogP contribution in [0.2, 0.25) is 0 Å². The van der Waals surface area contributed by atoms with Crippen LogP contribution in [0.25, 0.3) is 0 Å². The second kappa shape index (κ2) is 6.51. The number of ether oxygens (including phenoxy) is 2. The summed E-state index contributed by atoms with van der Waals surface area (Å²) >= 11 is 0. The zero-order valence-electron chi connectivity index (χ0n) is 11.3. The van der Waals surface area contributed by atoms with E-state index in [2.05, 4.69) is 20.3 Å². The Labute approximate surface area is 116 Å². The molecule has 0 aliphatic heterocycles. The first kappa shape index (κ1) is 13.8. The summed E-state index contributed by atoms with van der Waals surface area (Å²) in [6.07, 6.45) is 0. The first-order valence-corrected chi connectivity index (χ1v) is 6.02. The van der Waals surface area contributed by atoms with Crippen LogP contribution in [-0.2, 0) is 11.3 Å². The number of rotatable bonds is 5. The lowest BCUT2D eigenvalue weighted by Gasteiger charge is -2.06. The van der Waals surface area contributed by atoms with Crippen molar-refractivity contribution in [2.24, 2.45) is 0 Å². The van der Waals surface area contributed by atoms with Crippen LogP contribution in [0.4, 0.5) is 5.82 Å². The van der Waals surface area contributed by atoms with Gasteiger partial charge in [-0.3, -0.25) is 0 Å². The highest BCUT2D eigenvalue weighted by molar-refractivity contribution is 5.86. The Balaban J connectivity index is 1.94. The molecular weight excluding hydrogens is 258 g/mol. The van der Waals surface area contributed by atoms with Crippen LogP contribution in [0, 0.1) is 0 Å². The van der Waals surface area contributed by atoms with Crippen molar-refractivity contribution in [1.29, 1.82) is 0 Å². The van der Waals surface area contributed by atoms with Gasteiger partial charge in [0.15, 0.2) is 5.69 Å². The van der Waals surface area contributed by atoms with Gasteiger partial charge in [0.25, 0.3) is 0 Å². The van der Waals surface area contributed by atoms with Crippen LogP contribution in [0.5, 0.6) is 5.75 Å². The van der Waals surface area contributed by atoms with E-state index in [0.717, 1.165) is 11.3 Å². The molecule has 0 saturated carbocycles. The average Bonchev–Trinajstić information content (AvgIpc) is 2.53. The van der Waals surface area contributed by atoms with Gasteiger partial charge >= 0.3 is 5.97 Å². The lowest BCUT2D eigenvalue weighted by atomic mass is 10.2. The van der Waals surface area contributed by atoms with E-state index in [1.165, 1.54) is 7.11 Å². The number of hydrogen-bond acceptors (Lipinski definition) is 6. The number of benzene rings is 1. The third kappa shape index (κ3) is 3.44. The maximum absolute atomic E-state index is 11.2. The van der Waals surface area contributed by atoms with E-state index in [9.17, 15) is 4.79 Å². The molecule has 20 heavy (non-hydrogen) atoms. The van der Waals surface area contributed by atoms with E-state index in [1.54, 1.807) is 19.2 Å². The minimum Gasteiger partial charge on any atom is -0.497 e. The van der Waals surface area contributed by atoms with Gasteiger partial charge in [0.1, 0.15) is 11.6 Å². The Morgan fingerprint density at radius 2 is 1.85 bits per heavy atom. The van der Waals surface area contributed by atoms with E-state index in [4.69, 9.17) is 4.74 Å². The fraction of sp³-hybridized carbons (Fsp3) is 0.214. The van der Waals surface area contributed by atoms with Crippen molar-refractivity contribution in [3.05, 3.63) is 47.7 Å². The molecule has 0 spiro atoms. The number of anilines is 1. The maximum atomic E-state index is 11.2. The summed E-state index contributed by atoms with van der Waals surface area (Å²) in [4.78, 5) is 11.2. The lowest BCUT2D eigenvalue weighted by molar-refractivity contribution is 0.0593. The Morgan fingerprint density at radius 3 is 2.40 bits per heavy atom. The second-order valence-corrected chi connectivity index (χ2v) is 4.00. The molecule has 1 heterocycles. The Hall–Kier alpha value is -2.63. The van der Waals surface area contributed by atoms with Gasteiger partial charge in [-0.15, -0.1) is 10.2 Å². The number of aromatic nitrogens is 2. The molecule has 0 radical (unpaired) electrons. The van der Waals surface area contributed by atoms with Gasteiger partial charge in [0.2, 0.25) is 0 Å². The molecule has 0 bridgehead atoms. The number of carbonyl (C=O) groups is 1. The molecule has 6 heteroatoms. The largest absolute Gasteiger partial charge is 0.497 e. The van der Waals surface area contributed by atoms with Crippen LogP contribution in [0.1, 0.15) is 16.1 Å². The zero-order valence-corrected chi connectivity index (χ0v) is 11.3. The standard InChI is InChI=1S/C14H15N3O3/c1-19-11-5-3-10(4-6-11)9-15-13-8-7-12(16-17-13)14(18)20-2/h3-8H,9H2,1-2H3,(H,15,17). The Kier molecular flexibility index (Phi) is 4.49. The van der Waals surface area contributed by atoms with Gasteiger partial charge in [-0.05, 0) is 29.8 Å². The lowest BCUT2D eigenvalue weighted by Crippen LogP contribution is -2.08. The molecule has 1 aromatic carbocycles. The second-order valence-electron chi connectivity index (χ2n) is 4.00. The summed E-state index contributed by atoms with van der Waals surface area (Å²) in [5, 5.41) is 10.8. The molecule has 0 atom stereocenters. The molecule has 0 amide bonds. The van der Waals surface area contributed by atoms with Crippen LogP contribution in [0.3, 0.4) is 0 Å². The molecule has 6 nitrogen and oxygen atoms in total. The van der Waals surface area contributed by atoms with Crippen molar-refractivity contribution in [1.82, 2.24) is 10.2 Å². The summed E-state index contributed by atoms with van der Waals surface area (Å²) in [5.41, 5.74) is 1.27. The predicted octanol–water partition coefficient (Wildman–Crippen LogP) is 1.88. The van der Waals surface area contributed by atoms with Gasteiger partial charge in [-0.1, -0.05) is 12.1 Å². The minimum absolute atomic E-state index is 0.183. The number of methoxy groups -OCH3 is 2. The van der Waals surface area contributed by atoms with Crippen molar-refractivity contribution in [2.45, 2.75) is 6.54 Å². The fourth-order valence-corrected chi connectivity index (χ4v) is 1.58. The molecule has 0 aliphatic carbocycles. The number of nitrogens with zero attached hydrogens (tertiary/aromatic N) is 2. The zero-order chi connectivity index (χ0) is 14.4. The highest BCUT2D eigenvalue weighted by Gasteiger charge is 2.07. The molecule has 1 N–H and O–H groups in total. The van der Waals surface area contributed by atoms with Crippen molar-refractivity contribution < 1.29 is 14.3 Å². The van der Waals surface area contributed by atoms with Gasteiger partial charge in [0.05, 0.1) is 14.2 Å². The summed E-state index contributed by atoms with van der Waals surface area (Å²) in [6, 6.07) is 11.0. The summed E-state index contributed by atoms with van der Waals surface area (Å²) in [5.74, 6) is 0.906. The molecular formula is C14H15N3O3. The normalized spacial score (nSPS) is 9.90.